The van der Waals surface area contributed by atoms with Gasteiger partial charge in [-0.15, -0.1) is 5.10 Å². The van der Waals surface area contributed by atoms with Crippen molar-refractivity contribution >= 4 is 5.91 Å². The summed E-state index contributed by atoms with van der Waals surface area (Å²) >= 11 is 0. The number of aryl methyl sites for hydroxylation is 1. The van der Waals surface area contributed by atoms with Crippen LogP contribution in [-0.2, 0) is 17.8 Å². The first-order valence-corrected chi connectivity index (χ1v) is 8.81. The quantitative estimate of drug-likeness (QED) is 0.769. The van der Waals surface area contributed by atoms with Gasteiger partial charge in [0.1, 0.15) is 12.4 Å². The Morgan fingerprint density at radius 1 is 1.22 bits per heavy atom. The van der Waals surface area contributed by atoms with Crippen LogP contribution in [0.15, 0.2) is 57.7 Å². The second kappa shape index (κ2) is 7.19. The summed E-state index contributed by atoms with van der Waals surface area (Å²) < 4.78 is 19.1. The molecule has 0 radical (unpaired) electrons. The van der Waals surface area contributed by atoms with Gasteiger partial charge in [0.25, 0.3) is 0 Å². The van der Waals surface area contributed by atoms with Crippen LogP contribution in [0.25, 0.3) is 11.5 Å². The number of fused-ring (bicyclic) bond motifs is 1. The molecule has 0 saturated heterocycles. The summed E-state index contributed by atoms with van der Waals surface area (Å²) in [6.07, 6.45) is 2.87. The Hall–Kier alpha value is -3.22. The summed E-state index contributed by atoms with van der Waals surface area (Å²) in [5, 5.41) is 7.02. The minimum atomic E-state index is -0.728. The standard InChI is InChI=1S/C20H18FN3O3/c21-15-10-8-14(9-11-15)19-23-24(20(26)27-19)12-18(25)22-17-7-3-5-13-4-1-2-6-16(13)17/h1-2,4,6,8-11,17H,3,5,7,12H2,(H,22,25)/t17-/m1/s1. The molecule has 3 aromatic rings. The van der Waals surface area contributed by atoms with E-state index >= 15 is 0 Å². The molecule has 2 aromatic carbocycles. The number of nitrogens with zero attached hydrogens (tertiary/aromatic N) is 2. The normalized spacial score (nSPS) is 16.0. The summed E-state index contributed by atoms with van der Waals surface area (Å²) in [5.74, 6) is -1.38. The number of rotatable bonds is 4. The second-order valence-corrected chi connectivity index (χ2v) is 6.55. The van der Waals surface area contributed by atoms with Crippen LogP contribution in [0, 0.1) is 5.82 Å². The van der Waals surface area contributed by atoms with Crippen molar-refractivity contribution in [2.45, 2.75) is 31.8 Å². The van der Waals surface area contributed by atoms with E-state index in [-0.39, 0.29) is 24.4 Å². The maximum absolute atomic E-state index is 13.0. The number of carbonyl (C=O) groups is 1. The van der Waals surface area contributed by atoms with Crippen LogP contribution in [0.1, 0.15) is 30.0 Å². The minimum absolute atomic E-state index is 0.0517. The van der Waals surface area contributed by atoms with Gasteiger partial charge in [0.2, 0.25) is 11.8 Å². The first kappa shape index (κ1) is 17.2. The van der Waals surface area contributed by atoms with Crippen LogP contribution in [-0.4, -0.2) is 15.7 Å². The highest BCUT2D eigenvalue weighted by molar-refractivity contribution is 5.76. The predicted octanol–water partition coefficient (Wildman–Crippen LogP) is 2.84. The van der Waals surface area contributed by atoms with E-state index in [0.29, 0.717) is 5.56 Å². The molecule has 1 heterocycles. The van der Waals surface area contributed by atoms with Crippen LogP contribution in [0.4, 0.5) is 4.39 Å². The largest absolute Gasteiger partial charge is 0.437 e. The van der Waals surface area contributed by atoms with Crippen molar-refractivity contribution in [1.29, 1.82) is 0 Å². The first-order chi connectivity index (χ1) is 13.1. The molecule has 1 aliphatic rings. The van der Waals surface area contributed by atoms with E-state index in [4.69, 9.17) is 4.42 Å². The van der Waals surface area contributed by atoms with Crippen molar-refractivity contribution in [3.8, 4) is 11.5 Å². The van der Waals surface area contributed by atoms with E-state index in [0.717, 1.165) is 29.5 Å². The number of hydrogen-bond acceptors (Lipinski definition) is 4. The Morgan fingerprint density at radius 2 is 2.00 bits per heavy atom. The fraction of sp³-hybridized carbons (Fsp3) is 0.250. The Bertz CT molecular complexity index is 1020. The lowest BCUT2D eigenvalue weighted by Gasteiger charge is -2.26. The number of nitrogens with one attached hydrogen (secondary N) is 1. The Kier molecular flexibility index (Phi) is 4.58. The van der Waals surface area contributed by atoms with Gasteiger partial charge in [-0.05, 0) is 54.7 Å². The van der Waals surface area contributed by atoms with Crippen molar-refractivity contribution in [2.24, 2.45) is 0 Å². The smallest absolute Gasteiger partial charge is 0.388 e. The highest BCUT2D eigenvalue weighted by Gasteiger charge is 2.22. The molecule has 7 heteroatoms. The summed E-state index contributed by atoms with van der Waals surface area (Å²) in [6, 6.07) is 13.4. The molecule has 0 aliphatic heterocycles. The summed E-state index contributed by atoms with van der Waals surface area (Å²) in [7, 11) is 0. The molecule has 0 unspecified atom stereocenters. The summed E-state index contributed by atoms with van der Waals surface area (Å²) in [5.41, 5.74) is 2.83. The van der Waals surface area contributed by atoms with E-state index in [2.05, 4.69) is 16.5 Å². The summed E-state index contributed by atoms with van der Waals surface area (Å²) in [4.78, 5) is 24.4. The molecule has 0 fully saturated rings. The molecule has 1 N–H and O–H groups in total. The fourth-order valence-electron chi connectivity index (χ4n) is 3.40. The van der Waals surface area contributed by atoms with Gasteiger partial charge < -0.3 is 9.73 Å². The zero-order valence-electron chi connectivity index (χ0n) is 14.5. The highest BCUT2D eigenvalue weighted by atomic mass is 19.1. The third-order valence-corrected chi connectivity index (χ3v) is 4.70. The zero-order valence-corrected chi connectivity index (χ0v) is 14.5. The third kappa shape index (κ3) is 3.67. The van der Waals surface area contributed by atoms with Gasteiger partial charge in [-0.1, -0.05) is 24.3 Å². The molecule has 4 rings (SSSR count). The van der Waals surface area contributed by atoms with Crippen molar-refractivity contribution in [3.05, 3.63) is 76.0 Å². The molecule has 0 spiro atoms. The van der Waals surface area contributed by atoms with Gasteiger partial charge in [0.15, 0.2) is 0 Å². The fourth-order valence-corrected chi connectivity index (χ4v) is 3.40. The number of amides is 1. The average molecular weight is 367 g/mol. The number of aromatic nitrogens is 2. The molecular formula is C20H18FN3O3. The van der Waals surface area contributed by atoms with Crippen LogP contribution in [0.5, 0.6) is 0 Å². The Labute approximate surface area is 154 Å². The predicted molar refractivity (Wildman–Crippen MR) is 96.4 cm³/mol. The van der Waals surface area contributed by atoms with Crippen molar-refractivity contribution < 1.29 is 13.6 Å². The van der Waals surface area contributed by atoms with E-state index in [9.17, 15) is 14.0 Å². The molecular weight excluding hydrogens is 349 g/mol. The lowest BCUT2D eigenvalue weighted by Crippen LogP contribution is -2.35. The van der Waals surface area contributed by atoms with Crippen molar-refractivity contribution in [1.82, 2.24) is 15.1 Å². The minimum Gasteiger partial charge on any atom is -0.388 e. The zero-order chi connectivity index (χ0) is 18.8. The van der Waals surface area contributed by atoms with Gasteiger partial charge in [-0.3, -0.25) is 4.79 Å². The van der Waals surface area contributed by atoms with Gasteiger partial charge in [-0.25, -0.2) is 9.18 Å². The number of benzene rings is 2. The summed E-state index contributed by atoms with van der Waals surface area (Å²) in [6.45, 7) is -0.234. The highest BCUT2D eigenvalue weighted by Crippen LogP contribution is 2.29. The van der Waals surface area contributed by atoms with Crippen LogP contribution in [0.3, 0.4) is 0 Å². The number of hydrogen-bond donors (Lipinski definition) is 1. The maximum Gasteiger partial charge on any atom is 0.437 e. The Morgan fingerprint density at radius 3 is 2.81 bits per heavy atom. The molecule has 1 atom stereocenters. The van der Waals surface area contributed by atoms with Gasteiger partial charge >= 0.3 is 5.76 Å². The topological polar surface area (TPSA) is 77.1 Å². The van der Waals surface area contributed by atoms with E-state index in [1.165, 1.54) is 29.8 Å². The van der Waals surface area contributed by atoms with E-state index < -0.39 is 11.6 Å². The lowest BCUT2D eigenvalue weighted by molar-refractivity contribution is -0.122. The van der Waals surface area contributed by atoms with E-state index in [1.54, 1.807) is 0 Å². The lowest BCUT2D eigenvalue weighted by atomic mass is 9.88. The number of carbonyl (C=O) groups excluding carboxylic acids is 1. The second-order valence-electron chi connectivity index (χ2n) is 6.55. The molecule has 138 valence electrons. The van der Waals surface area contributed by atoms with Crippen molar-refractivity contribution in [2.75, 3.05) is 0 Å². The average Bonchev–Trinajstić information content (AvgIpc) is 3.03. The molecule has 27 heavy (non-hydrogen) atoms. The SMILES string of the molecule is O=C(Cn1nc(-c2ccc(F)cc2)oc1=O)N[C@@H]1CCCc2ccccc21. The van der Waals surface area contributed by atoms with Gasteiger partial charge in [-0.2, -0.15) is 4.68 Å². The van der Waals surface area contributed by atoms with Crippen LogP contribution >= 0.6 is 0 Å². The molecule has 1 aromatic heterocycles. The molecule has 0 saturated carbocycles. The maximum atomic E-state index is 13.0. The van der Waals surface area contributed by atoms with Gasteiger partial charge in [0, 0.05) is 5.56 Å². The van der Waals surface area contributed by atoms with Crippen molar-refractivity contribution in [3.63, 3.8) is 0 Å². The monoisotopic (exact) mass is 367 g/mol. The molecule has 0 bridgehead atoms. The molecule has 1 amide bonds. The van der Waals surface area contributed by atoms with E-state index in [1.807, 2.05) is 18.2 Å². The van der Waals surface area contributed by atoms with Crippen LogP contribution in [0.2, 0.25) is 0 Å². The number of halogens is 1. The Balaban J connectivity index is 1.48. The molecule has 1 aliphatic carbocycles. The van der Waals surface area contributed by atoms with Crippen LogP contribution < -0.4 is 11.1 Å². The third-order valence-electron chi connectivity index (χ3n) is 4.70. The van der Waals surface area contributed by atoms with Gasteiger partial charge in [0.05, 0.1) is 6.04 Å². The molecule has 6 nitrogen and oxygen atoms in total. The first-order valence-electron chi connectivity index (χ1n) is 8.81.